The summed E-state index contributed by atoms with van der Waals surface area (Å²) in [6, 6.07) is 0. The lowest BCUT2D eigenvalue weighted by Crippen LogP contribution is -2.54. The van der Waals surface area contributed by atoms with Crippen molar-refractivity contribution in [1.82, 2.24) is 4.90 Å². The molecule has 2 unspecified atom stereocenters. The van der Waals surface area contributed by atoms with Crippen LogP contribution in [0.15, 0.2) is 12.3 Å². The standard InChI is InChI=1S/C11H17FNO15P3/c1-10(17)8(16)11(12,26-9(10)13-3-2-6(14)4-7(13)15)5-25-30(21,22)28-31(23,24)27-29(18,19)20/h2-3,8-9,16-17H,4-5H2,1H3,(H,21,22)(H,23,24)(H2,18,19,20)/t8-,9+,10+,11+/m0/s1. The minimum absolute atomic E-state index is 0.594. The van der Waals surface area contributed by atoms with Crippen LogP contribution in [0.4, 0.5) is 4.39 Å². The van der Waals surface area contributed by atoms with E-state index in [0.29, 0.717) is 4.90 Å². The van der Waals surface area contributed by atoms with Crippen LogP contribution >= 0.6 is 23.5 Å². The molecule has 0 aromatic heterocycles. The van der Waals surface area contributed by atoms with Crippen molar-refractivity contribution in [2.24, 2.45) is 0 Å². The zero-order chi connectivity index (χ0) is 24.0. The van der Waals surface area contributed by atoms with Gasteiger partial charge in [0.15, 0.2) is 12.0 Å². The van der Waals surface area contributed by atoms with Gasteiger partial charge in [-0.2, -0.15) is 8.62 Å². The lowest BCUT2D eigenvalue weighted by atomic mass is 9.94. The molecular weight excluding hydrogens is 498 g/mol. The summed E-state index contributed by atoms with van der Waals surface area (Å²) >= 11 is 0. The number of phosphoric ester groups is 1. The number of rotatable bonds is 8. The van der Waals surface area contributed by atoms with Crippen LogP contribution in [-0.4, -0.2) is 76.8 Å². The molecular formula is C11H17FNO15P3. The number of amides is 1. The zero-order valence-electron chi connectivity index (χ0n) is 15.2. The van der Waals surface area contributed by atoms with Gasteiger partial charge in [-0.1, -0.05) is 0 Å². The number of nitrogens with zero attached hydrogens (tertiary/aromatic N) is 1. The van der Waals surface area contributed by atoms with Crippen molar-refractivity contribution in [3.05, 3.63) is 12.3 Å². The number of alkyl halides is 1. The van der Waals surface area contributed by atoms with Crippen LogP contribution in [0.1, 0.15) is 13.3 Å². The summed E-state index contributed by atoms with van der Waals surface area (Å²) in [4.78, 5) is 59.1. The number of hydrogen-bond acceptors (Lipinski definition) is 11. The summed E-state index contributed by atoms with van der Waals surface area (Å²) < 4.78 is 64.4. The fourth-order valence-electron chi connectivity index (χ4n) is 2.62. The van der Waals surface area contributed by atoms with Gasteiger partial charge < -0.3 is 34.5 Å². The topological polar surface area (TPSA) is 247 Å². The average molecular weight is 515 g/mol. The highest BCUT2D eigenvalue weighted by molar-refractivity contribution is 7.66. The van der Waals surface area contributed by atoms with Crippen molar-refractivity contribution in [3.63, 3.8) is 0 Å². The quantitative estimate of drug-likeness (QED) is 0.164. The Balaban J connectivity index is 2.16. The lowest BCUT2D eigenvalue weighted by Gasteiger charge is -2.34. The first-order valence-electron chi connectivity index (χ1n) is 7.86. The Hall–Kier alpha value is -0.900. The van der Waals surface area contributed by atoms with Crippen LogP contribution in [0.3, 0.4) is 0 Å². The molecule has 0 saturated carbocycles. The van der Waals surface area contributed by atoms with E-state index in [1.807, 2.05) is 0 Å². The van der Waals surface area contributed by atoms with Gasteiger partial charge in [0.25, 0.3) is 5.85 Å². The maximum atomic E-state index is 15.1. The first kappa shape index (κ1) is 26.4. The van der Waals surface area contributed by atoms with Gasteiger partial charge in [0.2, 0.25) is 5.91 Å². The Morgan fingerprint density at radius 1 is 1.19 bits per heavy atom. The maximum absolute atomic E-state index is 15.1. The molecule has 2 heterocycles. The molecule has 0 aromatic rings. The van der Waals surface area contributed by atoms with Crippen molar-refractivity contribution in [2.75, 3.05) is 6.61 Å². The van der Waals surface area contributed by atoms with Crippen molar-refractivity contribution in [2.45, 2.75) is 37.1 Å². The summed E-state index contributed by atoms with van der Waals surface area (Å²) in [6.45, 7) is -0.902. The van der Waals surface area contributed by atoms with Crippen LogP contribution in [0.25, 0.3) is 0 Å². The molecule has 16 nitrogen and oxygen atoms in total. The summed E-state index contributed by atoms with van der Waals surface area (Å²) in [6.07, 6.45) is -3.35. The van der Waals surface area contributed by atoms with E-state index < -0.39 is 72.0 Å². The number of aliphatic hydroxyl groups is 2. The minimum atomic E-state index is -5.88. The van der Waals surface area contributed by atoms with Crippen molar-refractivity contribution >= 4 is 35.2 Å². The highest BCUT2D eigenvalue weighted by Crippen LogP contribution is 2.66. The molecule has 2 aliphatic heterocycles. The maximum Gasteiger partial charge on any atom is 0.490 e. The Morgan fingerprint density at radius 2 is 1.77 bits per heavy atom. The van der Waals surface area contributed by atoms with Crippen LogP contribution < -0.4 is 0 Å². The van der Waals surface area contributed by atoms with Crippen molar-refractivity contribution in [1.29, 1.82) is 0 Å². The fourth-order valence-corrected chi connectivity index (χ4v) is 5.65. The molecule has 2 rings (SSSR count). The van der Waals surface area contributed by atoms with Crippen LogP contribution in [0.5, 0.6) is 0 Å². The monoisotopic (exact) mass is 515 g/mol. The zero-order valence-corrected chi connectivity index (χ0v) is 17.9. The number of carbonyl (C=O) groups excluding carboxylic acids is 2. The summed E-state index contributed by atoms with van der Waals surface area (Å²) in [7, 11) is -17.3. The third kappa shape index (κ3) is 6.33. The Bertz CT molecular complexity index is 931. The first-order chi connectivity index (χ1) is 13.8. The minimum Gasteiger partial charge on any atom is -0.384 e. The lowest BCUT2D eigenvalue weighted by molar-refractivity contribution is -0.211. The largest absolute Gasteiger partial charge is 0.490 e. The van der Waals surface area contributed by atoms with E-state index in [0.717, 1.165) is 19.2 Å². The highest BCUT2D eigenvalue weighted by atomic mass is 31.3. The smallest absolute Gasteiger partial charge is 0.384 e. The van der Waals surface area contributed by atoms with Gasteiger partial charge in [-0.15, -0.1) is 0 Å². The number of aliphatic hydroxyl groups excluding tert-OH is 1. The highest BCUT2D eigenvalue weighted by Gasteiger charge is 2.65. The number of hydrogen-bond donors (Lipinski definition) is 6. The van der Waals surface area contributed by atoms with Crippen molar-refractivity contribution < 1.29 is 75.3 Å². The van der Waals surface area contributed by atoms with E-state index in [-0.39, 0.29) is 0 Å². The molecule has 1 amide bonds. The Kier molecular flexibility index (Phi) is 7.20. The molecule has 0 aliphatic carbocycles. The van der Waals surface area contributed by atoms with Crippen LogP contribution in [0, 0.1) is 0 Å². The number of phosphoric acid groups is 3. The van der Waals surface area contributed by atoms with Gasteiger partial charge in [0.05, 0.1) is 6.42 Å². The second-order valence-electron chi connectivity index (χ2n) is 6.51. The number of halogens is 1. The second-order valence-corrected chi connectivity index (χ2v) is 10.9. The van der Waals surface area contributed by atoms with Crippen molar-refractivity contribution in [3.8, 4) is 0 Å². The van der Waals surface area contributed by atoms with Gasteiger partial charge in [-0.3, -0.25) is 19.0 Å². The Morgan fingerprint density at radius 3 is 2.29 bits per heavy atom. The molecule has 0 radical (unpaired) electrons. The van der Waals surface area contributed by atoms with Gasteiger partial charge in [0, 0.05) is 6.20 Å². The molecule has 0 bridgehead atoms. The summed E-state index contributed by atoms with van der Waals surface area (Å²) in [5, 5.41) is 20.5. The van der Waals surface area contributed by atoms with E-state index in [2.05, 4.69) is 13.1 Å². The summed E-state index contributed by atoms with van der Waals surface area (Å²) in [5.41, 5.74) is -2.55. The van der Waals surface area contributed by atoms with E-state index in [1.165, 1.54) is 0 Å². The average Bonchev–Trinajstić information content (AvgIpc) is 2.71. The second kappa shape index (κ2) is 8.47. The van der Waals surface area contributed by atoms with E-state index >= 15 is 4.39 Å². The van der Waals surface area contributed by atoms with Gasteiger partial charge in [-0.05, 0) is 13.0 Å². The number of allylic oxidation sites excluding steroid dienone is 1. The molecule has 1 saturated heterocycles. The van der Waals surface area contributed by atoms with Crippen LogP contribution in [0.2, 0.25) is 0 Å². The number of ketones is 1. The molecule has 31 heavy (non-hydrogen) atoms. The molecule has 20 heteroatoms. The van der Waals surface area contributed by atoms with Gasteiger partial charge in [-0.25, -0.2) is 18.1 Å². The molecule has 2 aliphatic rings. The molecule has 0 spiro atoms. The van der Waals surface area contributed by atoms with Crippen LogP contribution in [-0.2, 0) is 41.2 Å². The molecule has 1 fully saturated rings. The van der Waals surface area contributed by atoms with E-state index in [1.54, 1.807) is 0 Å². The summed E-state index contributed by atoms with van der Waals surface area (Å²) in [5.74, 6) is -5.03. The normalized spacial score (nSPS) is 35.8. The van der Waals surface area contributed by atoms with E-state index in [4.69, 9.17) is 19.4 Å². The third-order valence-corrected chi connectivity index (χ3v) is 7.68. The first-order valence-corrected chi connectivity index (χ1v) is 12.4. The number of carbonyl (C=O) groups is 2. The van der Waals surface area contributed by atoms with Gasteiger partial charge >= 0.3 is 23.5 Å². The molecule has 6 N–H and O–H groups in total. The predicted octanol–water partition coefficient (Wildman–Crippen LogP) is -1.22. The fraction of sp³-hybridized carbons (Fsp3) is 0.636. The third-order valence-electron chi connectivity index (χ3n) is 3.90. The SMILES string of the molecule is C[C@]1(O)[C@H](N2C=CC(=O)CC2=O)O[C@](F)(COP(=O)(O)OP(=O)(O)OP(=O)(O)O)[C@H]1O. The molecule has 6 atom stereocenters. The molecule has 178 valence electrons. The van der Waals surface area contributed by atoms with Gasteiger partial charge in [0.1, 0.15) is 18.3 Å². The van der Waals surface area contributed by atoms with E-state index in [9.17, 15) is 38.4 Å². The predicted molar refractivity (Wildman–Crippen MR) is 90.8 cm³/mol. The Labute approximate surface area is 172 Å². The molecule has 0 aromatic carbocycles. The number of ether oxygens (including phenoxy) is 1.